The average molecular weight is 251 g/mol. The van der Waals surface area contributed by atoms with E-state index in [0.29, 0.717) is 36.1 Å². The summed E-state index contributed by atoms with van der Waals surface area (Å²) in [7, 11) is 1.60. The van der Waals surface area contributed by atoms with E-state index in [0.717, 1.165) is 5.56 Å². The Bertz CT molecular complexity index is 447. The van der Waals surface area contributed by atoms with Crippen LogP contribution in [-0.4, -0.2) is 31.4 Å². The van der Waals surface area contributed by atoms with Gasteiger partial charge < -0.3 is 9.47 Å². The lowest BCUT2D eigenvalue weighted by Gasteiger charge is -2.28. The molecule has 0 aliphatic carbocycles. The van der Waals surface area contributed by atoms with Gasteiger partial charge in [-0.2, -0.15) is 5.06 Å². The highest BCUT2D eigenvalue weighted by Gasteiger charge is 2.29. The first-order valence-electron chi connectivity index (χ1n) is 5.91. The average Bonchev–Trinajstić information content (AvgIpc) is 2.37. The number of hydrogen-bond donors (Lipinski definition) is 1. The van der Waals surface area contributed by atoms with Gasteiger partial charge in [-0.1, -0.05) is 13.0 Å². The minimum atomic E-state index is -0.281. The molecular weight excluding hydrogens is 234 g/mol. The van der Waals surface area contributed by atoms with Gasteiger partial charge in [0.2, 0.25) is 0 Å². The summed E-state index contributed by atoms with van der Waals surface area (Å²) < 4.78 is 10.3. The number of carbonyl (C=O) groups excluding carboxylic acids is 1. The van der Waals surface area contributed by atoms with Crippen molar-refractivity contribution in [2.75, 3.05) is 25.4 Å². The summed E-state index contributed by atoms with van der Waals surface area (Å²) in [6.07, 6.45) is 0.642. The second-order valence-corrected chi connectivity index (χ2v) is 4.39. The zero-order valence-electron chi connectivity index (χ0n) is 10.5. The Morgan fingerprint density at radius 1 is 1.44 bits per heavy atom. The lowest BCUT2D eigenvalue weighted by atomic mass is 9.94. The summed E-state index contributed by atoms with van der Waals surface area (Å²) in [4.78, 5) is 11.7. The zero-order chi connectivity index (χ0) is 13.1. The number of methoxy groups -OCH3 is 1. The quantitative estimate of drug-likeness (QED) is 0.652. The summed E-state index contributed by atoms with van der Waals surface area (Å²) in [5.74, 6) is 0.145. The van der Waals surface area contributed by atoms with Crippen molar-refractivity contribution in [2.45, 2.75) is 13.3 Å². The van der Waals surface area contributed by atoms with E-state index in [9.17, 15) is 10.0 Å². The molecule has 0 spiro atoms. The van der Waals surface area contributed by atoms with Crippen molar-refractivity contribution in [1.82, 2.24) is 0 Å². The van der Waals surface area contributed by atoms with Crippen LogP contribution in [0.5, 0.6) is 5.75 Å². The molecule has 18 heavy (non-hydrogen) atoms. The third-order valence-corrected chi connectivity index (χ3v) is 3.00. The number of fused-ring (bicyclic) bond motifs is 1. The van der Waals surface area contributed by atoms with E-state index in [-0.39, 0.29) is 11.8 Å². The molecule has 1 aromatic carbocycles. The lowest BCUT2D eigenvalue weighted by molar-refractivity contribution is -0.127. The van der Waals surface area contributed by atoms with E-state index >= 15 is 0 Å². The molecular formula is C13H17NO4. The molecule has 5 heteroatoms. The second kappa shape index (κ2) is 5.37. The van der Waals surface area contributed by atoms with Crippen molar-refractivity contribution < 1.29 is 19.5 Å². The maximum absolute atomic E-state index is 11.7. The zero-order valence-corrected chi connectivity index (χ0v) is 10.5. The van der Waals surface area contributed by atoms with Crippen molar-refractivity contribution in [3.8, 4) is 5.75 Å². The van der Waals surface area contributed by atoms with Crippen molar-refractivity contribution in [2.24, 2.45) is 5.92 Å². The molecule has 1 aliphatic heterocycles. The highest BCUT2D eigenvalue weighted by atomic mass is 16.5. The fourth-order valence-corrected chi connectivity index (χ4v) is 1.99. The smallest absolute Gasteiger partial charge is 0.253 e. The lowest BCUT2D eigenvalue weighted by Crippen LogP contribution is -2.37. The predicted octanol–water partition coefficient (Wildman–Crippen LogP) is 1.63. The molecule has 1 N–H and O–H groups in total. The summed E-state index contributed by atoms with van der Waals surface area (Å²) >= 11 is 0. The van der Waals surface area contributed by atoms with Crippen molar-refractivity contribution in [3.63, 3.8) is 0 Å². The normalized spacial score (nSPS) is 18.7. The van der Waals surface area contributed by atoms with Crippen LogP contribution in [0.1, 0.15) is 12.5 Å². The first-order chi connectivity index (χ1) is 8.63. The summed E-state index contributed by atoms with van der Waals surface area (Å²) in [5, 5.41) is 10.5. The van der Waals surface area contributed by atoms with Gasteiger partial charge in [-0.25, -0.2) is 0 Å². The molecule has 1 heterocycles. The molecule has 1 aliphatic rings. The molecule has 0 radical (unpaired) electrons. The van der Waals surface area contributed by atoms with E-state index in [1.165, 1.54) is 0 Å². The summed E-state index contributed by atoms with van der Waals surface area (Å²) in [6.45, 7) is 2.73. The molecule has 1 amide bonds. The number of nitrogens with zero attached hydrogens (tertiary/aromatic N) is 1. The van der Waals surface area contributed by atoms with Gasteiger partial charge in [0.1, 0.15) is 12.4 Å². The van der Waals surface area contributed by atoms with Gasteiger partial charge in [0.05, 0.1) is 12.3 Å². The minimum absolute atomic E-state index is 0.192. The Kier molecular flexibility index (Phi) is 3.84. The molecule has 1 atom stereocenters. The largest absolute Gasteiger partial charge is 0.491 e. The summed E-state index contributed by atoms with van der Waals surface area (Å²) in [5.41, 5.74) is 1.46. The predicted molar refractivity (Wildman–Crippen MR) is 66.0 cm³/mol. The van der Waals surface area contributed by atoms with Crippen LogP contribution in [0.4, 0.5) is 5.69 Å². The number of hydrogen-bond acceptors (Lipinski definition) is 4. The van der Waals surface area contributed by atoms with Gasteiger partial charge in [-0.05, 0) is 18.1 Å². The fourth-order valence-electron chi connectivity index (χ4n) is 1.99. The van der Waals surface area contributed by atoms with E-state index < -0.39 is 0 Å². The van der Waals surface area contributed by atoms with E-state index in [1.54, 1.807) is 20.1 Å². The van der Waals surface area contributed by atoms with Gasteiger partial charge in [0.15, 0.2) is 0 Å². The topological polar surface area (TPSA) is 59.0 Å². The number of benzene rings is 1. The molecule has 0 bridgehead atoms. The van der Waals surface area contributed by atoms with Crippen LogP contribution >= 0.6 is 0 Å². The van der Waals surface area contributed by atoms with Crippen molar-refractivity contribution >= 4 is 11.6 Å². The highest BCUT2D eigenvalue weighted by Crippen LogP contribution is 2.32. The Morgan fingerprint density at radius 2 is 2.22 bits per heavy atom. The van der Waals surface area contributed by atoms with Crippen molar-refractivity contribution in [1.29, 1.82) is 0 Å². The number of amides is 1. The van der Waals surface area contributed by atoms with Crippen LogP contribution in [0, 0.1) is 5.92 Å². The number of carbonyl (C=O) groups is 1. The monoisotopic (exact) mass is 251 g/mol. The Hall–Kier alpha value is -1.59. The molecule has 0 unspecified atom stereocenters. The molecule has 98 valence electrons. The SMILES string of the molecule is COCCOc1ccc2c(c1)N(O)C(=O)[C@@H](C)C2. The van der Waals surface area contributed by atoms with Gasteiger partial charge in [-0.15, -0.1) is 0 Å². The van der Waals surface area contributed by atoms with E-state index in [1.807, 2.05) is 12.1 Å². The maximum Gasteiger partial charge on any atom is 0.253 e. The highest BCUT2D eigenvalue weighted by molar-refractivity contribution is 5.95. The molecule has 0 saturated heterocycles. The van der Waals surface area contributed by atoms with Crippen LogP contribution in [0.2, 0.25) is 0 Å². The Morgan fingerprint density at radius 3 is 2.94 bits per heavy atom. The van der Waals surface area contributed by atoms with Gasteiger partial charge >= 0.3 is 0 Å². The first kappa shape index (κ1) is 12.9. The van der Waals surface area contributed by atoms with Gasteiger partial charge in [-0.3, -0.25) is 10.0 Å². The van der Waals surface area contributed by atoms with E-state index in [4.69, 9.17) is 9.47 Å². The van der Waals surface area contributed by atoms with Gasteiger partial charge in [0, 0.05) is 19.1 Å². The van der Waals surface area contributed by atoms with Crippen LogP contribution in [0.25, 0.3) is 0 Å². The van der Waals surface area contributed by atoms with Crippen LogP contribution < -0.4 is 9.80 Å². The third kappa shape index (κ3) is 2.47. The standard InChI is InChI=1S/C13H17NO4/c1-9-7-10-3-4-11(18-6-5-17-2)8-12(10)14(16)13(9)15/h3-4,8-9,16H,5-7H2,1-2H3/t9-/m0/s1. The number of hydroxylamine groups is 1. The summed E-state index contributed by atoms with van der Waals surface area (Å²) in [6, 6.07) is 5.39. The van der Waals surface area contributed by atoms with Crippen molar-refractivity contribution in [3.05, 3.63) is 23.8 Å². The van der Waals surface area contributed by atoms with Crippen LogP contribution in [0.3, 0.4) is 0 Å². The third-order valence-electron chi connectivity index (χ3n) is 3.00. The maximum atomic E-state index is 11.7. The molecule has 2 rings (SSSR count). The molecule has 0 saturated carbocycles. The molecule has 1 aromatic rings. The fraction of sp³-hybridized carbons (Fsp3) is 0.462. The first-order valence-corrected chi connectivity index (χ1v) is 5.91. The van der Waals surface area contributed by atoms with Crippen LogP contribution in [0.15, 0.2) is 18.2 Å². The number of anilines is 1. The second-order valence-electron chi connectivity index (χ2n) is 4.39. The minimum Gasteiger partial charge on any atom is -0.491 e. The molecule has 5 nitrogen and oxygen atoms in total. The van der Waals surface area contributed by atoms with Crippen LogP contribution in [-0.2, 0) is 16.0 Å². The molecule has 0 aromatic heterocycles. The number of rotatable bonds is 4. The number of ether oxygens (including phenoxy) is 2. The van der Waals surface area contributed by atoms with Gasteiger partial charge in [0.25, 0.3) is 5.91 Å². The molecule has 0 fully saturated rings. The van der Waals surface area contributed by atoms with E-state index in [2.05, 4.69) is 0 Å². The Balaban J connectivity index is 2.18. The Labute approximate surface area is 106 Å².